The molecule has 1 aromatic rings. The van der Waals surface area contributed by atoms with E-state index in [2.05, 4.69) is 30.0 Å². The predicted octanol–water partition coefficient (Wildman–Crippen LogP) is 3.51. The van der Waals surface area contributed by atoms with Gasteiger partial charge >= 0.3 is 0 Å². The number of aliphatic hydroxyl groups excluding tert-OH is 1. The second kappa shape index (κ2) is 5.53. The Labute approximate surface area is 98.3 Å². The molecule has 0 aliphatic heterocycles. The van der Waals surface area contributed by atoms with Crippen molar-refractivity contribution in [1.29, 1.82) is 0 Å². The highest BCUT2D eigenvalue weighted by atomic mass is 16.3. The summed E-state index contributed by atoms with van der Waals surface area (Å²) in [7, 11) is 0. The van der Waals surface area contributed by atoms with Gasteiger partial charge in [0.1, 0.15) is 0 Å². The van der Waals surface area contributed by atoms with Crippen LogP contribution in [0, 0.1) is 5.92 Å². The van der Waals surface area contributed by atoms with Crippen LogP contribution in [0.25, 0.3) is 0 Å². The quantitative estimate of drug-likeness (QED) is 0.808. The van der Waals surface area contributed by atoms with Crippen LogP contribution in [0.15, 0.2) is 18.5 Å². The second-order valence-corrected chi connectivity index (χ2v) is 5.10. The van der Waals surface area contributed by atoms with Crippen LogP contribution in [0.3, 0.4) is 0 Å². The van der Waals surface area contributed by atoms with Crippen LogP contribution in [-0.4, -0.2) is 9.67 Å². The molecule has 1 saturated carbocycles. The fraction of sp³-hybridized carbons (Fsp3) is 0.714. The Bertz CT molecular complexity index is 312. The number of hydrogen-bond acceptors (Lipinski definition) is 1. The van der Waals surface area contributed by atoms with Crippen molar-refractivity contribution in [2.75, 3.05) is 0 Å². The Kier molecular flexibility index (Phi) is 4.05. The molecular formula is C14H23NO. The summed E-state index contributed by atoms with van der Waals surface area (Å²) < 4.78 is 2.25. The first kappa shape index (κ1) is 11.7. The summed E-state index contributed by atoms with van der Waals surface area (Å²) in [6, 6.07) is 2.06. The normalized spacial score (nSPS) is 19.1. The zero-order valence-corrected chi connectivity index (χ0v) is 10.2. The van der Waals surface area contributed by atoms with Crippen LogP contribution in [0.4, 0.5) is 0 Å². The molecule has 1 unspecified atom stereocenters. The van der Waals surface area contributed by atoms with Gasteiger partial charge in [-0.05, 0) is 36.8 Å². The van der Waals surface area contributed by atoms with Gasteiger partial charge in [-0.15, -0.1) is 0 Å². The summed E-state index contributed by atoms with van der Waals surface area (Å²) in [5, 5.41) is 9.88. The molecule has 1 N–H and O–H groups in total. The lowest BCUT2D eigenvalue weighted by Gasteiger charge is -2.10. The molecule has 0 aromatic carbocycles. The SMILES string of the molecule is CCCC(O)c1ccn(CC2CCCC2)c1. The minimum atomic E-state index is -0.269. The minimum Gasteiger partial charge on any atom is -0.388 e. The van der Waals surface area contributed by atoms with Crippen molar-refractivity contribution in [2.45, 2.75) is 58.1 Å². The standard InChI is InChI=1S/C14H23NO/c1-2-5-14(16)13-8-9-15(11-13)10-12-6-3-4-7-12/h8-9,11-12,14,16H,2-7,10H2,1H3. The number of aromatic nitrogens is 1. The molecule has 0 saturated heterocycles. The van der Waals surface area contributed by atoms with Gasteiger partial charge in [-0.3, -0.25) is 0 Å². The Morgan fingerprint density at radius 3 is 2.88 bits per heavy atom. The van der Waals surface area contributed by atoms with Crippen LogP contribution in [0.2, 0.25) is 0 Å². The van der Waals surface area contributed by atoms with Crippen LogP contribution < -0.4 is 0 Å². The zero-order chi connectivity index (χ0) is 11.4. The van der Waals surface area contributed by atoms with E-state index in [1.807, 2.05) is 0 Å². The molecule has 90 valence electrons. The monoisotopic (exact) mass is 221 g/mol. The van der Waals surface area contributed by atoms with E-state index in [0.717, 1.165) is 30.9 Å². The van der Waals surface area contributed by atoms with E-state index in [1.165, 1.54) is 25.7 Å². The molecule has 1 aliphatic rings. The van der Waals surface area contributed by atoms with Gasteiger partial charge < -0.3 is 9.67 Å². The van der Waals surface area contributed by atoms with E-state index in [4.69, 9.17) is 0 Å². The third-order valence-electron chi connectivity index (χ3n) is 3.66. The van der Waals surface area contributed by atoms with Crippen molar-refractivity contribution in [2.24, 2.45) is 5.92 Å². The fourth-order valence-electron chi connectivity index (χ4n) is 2.70. The fourth-order valence-corrected chi connectivity index (χ4v) is 2.70. The first-order valence-electron chi connectivity index (χ1n) is 6.63. The molecule has 1 heterocycles. The molecule has 2 heteroatoms. The average molecular weight is 221 g/mol. The summed E-state index contributed by atoms with van der Waals surface area (Å²) in [6.07, 6.45) is 11.4. The molecule has 1 atom stereocenters. The van der Waals surface area contributed by atoms with Crippen molar-refractivity contribution >= 4 is 0 Å². The van der Waals surface area contributed by atoms with Crippen molar-refractivity contribution < 1.29 is 5.11 Å². The molecule has 0 bridgehead atoms. The summed E-state index contributed by atoms with van der Waals surface area (Å²) in [6.45, 7) is 3.25. The molecule has 16 heavy (non-hydrogen) atoms. The molecule has 0 radical (unpaired) electrons. The second-order valence-electron chi connectivity index (χ2n) is 5.10. The van der Waals surface area contributed by atoms with Crippen LogP contribution >= 0.6 is 0 Å². The summed E-state index contributed by atoms with van der Waals surface area (Å²) in [5.41, 5.74) is 1.08. The van der Waals surface area contributed by atoms with Crippen molar-refractivity contribution in [3.63, 3.8) is 0 Å². The molecule has 0 amide bonds. The van der Waals surface area contributed by atoms with E-state index in [-0.39, 0.29) is 6.10 Å². The van der Waals surface area contributed by atoms with Gasteiger partial charge in [-0.25, -0.2) is 0 Å². The molecule has 2 rings (SSSR count). The largest absolute Gasteiger partial charge is 0.388 e. The molecule has 0 spiro atoms. The predicted molar refractivity (Wildman–Crippen MR) is 66.3 cm³/mol. The van der Waals surface area contributed by atoms with Gasteiger partial charge in [0.25, 0.3) is 0 Å². The van der Waals surface area contributed by atoms with Gasteiger partial charge in [0, 0.05) is 18.9 Å². The zero-order valence-electron chi connectivity index (χ0n) is 10.2. The number of nitrogens with zero attached hydrogens (tertiary/aromatic N) is 1. The lowest BCUT2D eigenvalue weighted by molar-refractivity contribution is 0.166. The topological polar surface area (TPSA) is 25.2 Å². The lowest BCUT2D eigenvalue weighted by Crippen LogP contribution is -2.05. The van der Waals surface area contributed by atoms with Gasteiger partial charge in [-0.1, -0.05) is 26.2 Å². The number of hydrogen-bond donors (Lipinski definition) is 1. The third-order valence-corrected chi connectivity index (χ3v) is 3.66. The minimum absolute atomic E-state index is 0.269. The van der Waals surface area contributed by atoms with E-state index in [9.17, 15) is 5.11 Å². The first-order chi connectivity index (χ1) is 7.79. The molecule has 2 nitrogen and oxygen atoms in total. The van der Waals surface area contributed by atoms with Crippen molar-refractivity contribution in [1.82, 2.24) is 4.57 Å². The first-order valence-corrected chi connectivity index (χ1v) is 6.63. The van der Waals surface area contributed by atoms with Gasteiger partial charge in [0.05, 0.1) is 6.10 Å². The maximum absolute atomic E-state index is 9.88. The Hall–Kier alpha value is -0.760. The number of rotatable bonds is 5. The Morgan fingerprint density at radius 1 is 1.44 bits per heavy atom. The highest BCUT2D eigenvalue weighted by Crippen LogP contribution is 2.27. The Morgan fingerprint density at radius 2 is 2.19 bits per heavy atom. The van der Waals surface area contributed by atoms with E-state index < -0.39 is 0 Å². The van der Waals surface area contributed by atoms with Gasteiger partial charge in [-0.2, -0.15) is 0 Å². The molecule has 1 fully saturated rings. The maximum atomic E-state index is 9.88. The number of aliphatic hydroxyl groups is 1. The van der Waals surface area contributed by atoms with Crippen LogP contribution in [0.5, 0.6) is 0 Å². The van der Waals surface area contributed by atoms with Crippen molar-refractivity contribution in [3.8, 4) is 0 Å². The smallest absolute Gasteiger partial charge is 0.0804 e. The van der Waals surface area contributed by atoms with Gasteiger partial charge in [0.2, 0.25) is 0 Å². The van der Waals surface area contributed by atoms with E-state index >= 15 is 0 Å². The summed E-state index contributed by atoms with van der Waals surface area (Å²) in [5.74, 6) is 0.864. The van der Waals surface area contributed by atoms with Crippen molar-refractivity contribution in [3.05, 3.63) is 24.0 Å². The highest BCUT2D eigenvalue weighted by Gasteiger charge is 2.16. The van der Waals surface area contributed by atoms with Gasteiger partial charge in [0.15, 0.2) is 0 Å². The summed E-state index contributed by atoms with van der Waals surface area (Å²) in [4.78, 5) is 0. The highest BCUT2D eigenvalue weighted by molar-refractivity contribution is 5.13. The molecule has 1 aromatic heterocycles. The summed E-state index contributed by atoms with van der Waals surface area (Å²) >= 11 is 0. The van der Waals surface area contributed by atoms with E-state index in [0.29, 0.717) is 0 Å². The third kappa shape index (κ3) is 2.88. The maximum Gasteiger partial charge on any atom is 0.0804 e. The lowest BCUT2D eigenvalue weighted by atomic mass is 10.1. The molecule has 1 aliphatic carbocycles. The molecular weight excluding hydrogens is 198 g/mol. The van der Waals surface area contributed by atoms with E-state index in [1.54, 1.807) is 0 Å². The van der Waals surface area contributed by atoms with Crippen LogP contribution in [-0.2, 0) is 6.54 Å². The average Bonchev–Trinajstić information content (AvgIpc) is 2.90. The van der Waals surface area contributed by atoms with Crippen LogP contribution in [0.1, 0.15) is 57.1 Å². The Balaban J connectivity index is 1.90.